The van der Waals surface area contributed by atoms with E-state index >= 15 is 0 Å². The summed E-state index contributed by atoms with van der Waals surface area (Å²) < 4.78 is 0. The van der Waals surface area contributed by atoms with Gasteiger partial charge in [-0.1, -0.05) is 35.4 Å². The van der Waals surface area contributed by atoms with Crippen molar-refractivity contribution in [2.24, 2.45) is 0 Å². The molecule has 17 heavy (non-hydrogen) atoms. The summed E-state index contributed by atoms with van der Waals surface area (Å²) in [4.78, 5) is 38.4. The second-order valence-corrected chi connectivity index (χ2v) is 3.43. The Morgan fingerprint density at radius 2 is 1.65 bits per heavy atom. The summed E-state index contributed by atoms with van der Waals surface area (Å²) in [5.74, 6) is -1.94. The minimum atomic E-state index is -0.651. The number of carbonyl (C=O) groups is 3. The number of hydrogen-bond acceptors (Lipinski definition) is 4. The van der Waals surface area contributed by atoms with Gasteiger partial charge in [-0.2, -0.15) is 0 Å². The first-order chi connectivity index (χ1) is 8.16. The molecule has 0 spiro atoms. The fraction of sp³-hybridized carbons (Fsp3) is 0.0833. The number of benzene rings is 1. The van der Waals surface area contributed by atoms with Gasteiger partial charge >= 0.3 is 5.97 Å². The summed E-state index contributed by atoms with van der Waals surface area (Å²) in [6.07, 6.45) is 2.12. The number of hydrogen-bond donors (Lipinski definition) is 0. The van der Waals surface area contributed by atoms with Crippen molar-refractivity contribution in [3.8, 4) is 0 Å². The normalized spacial score (nSPS) is 14.2. The maximum absolute atomic E-state index is 11.5. The van der Waals surface area contributed by atoms with E-state index in [1.165, 1.54) is 0 Å². The lowest BCUT2D eigenvalue weighted by Gasteiger charge is -2.12. The van der Waals surface area contributed by atoms with Crippen LogP contribution < -0.4 is 0 Å². The highest BCUT2D eigenvalue weighted by atomic mass is 16.7. The molecular weight excluding hydrogens is 222 g/mol. The number of hydroxylamine groups is 2. The van der Waals surface area contributed by atoms with Crippen LogP contribution in [-0.4, -0.2) is 22.8 Å². The van der Waals surface area contributed by atoms with Gasteiger partial charge in [0.1, 0.15) is 0 Å². The smallest absolute Gasteiger partial charge is 0.329 e. The molecule has 1 aliphatic rings. The molecule has 0 atom stereocenters. The molecular formula is C12H9NO4. The fourth-order valence-corrected chi connectivity index (χ4v) is 1.37. The van der Waals surface area contributed by atoms with Crippen LogP contribution in [0.25, 0.3) is 0 Å². The van der Waals surface area contributed by atoms with E-state index in [2.05, 4.69) is 4.84 Å². The van der Waals surface area contributed by atoms with Crippen LogP contribution in [0.15, 0.2) is 42.5 Å². The van der Waals surface area contributed by atoms with Gasteiger partial charge in [0.25, 0.3) is 11.8 Å². The van der Waals surface area contributed by atoms with Gasteiger partial charge in [-0.3, -0.25) is 9.59 Å². The molecule has 1 heterocycles. The molecule has 1 aromatic carbocycles. The Morgan fingerprint density at radius 3 is 2.24 bits per heavy atom. The summed E-state index contributed by atoms with van der Waals surface area (Å²) in [6.45, 7) is 0. The topological polar surface area (TPSA) is 63.7 Å². The summed E-state index contributed by atoms with van der Waals surface area (Å²) in [6, 6.07) is 8.92. The lowest BCUT2D eigenvalue weighted by Crippen LogP contribution is -2.33. The van der Waals surface area contributed by atoms with Crippen LogP contribution in [0.4, 0.5) is 0 Å². The molecule has 2 amide bonds. The molecule has 2 rings (SSSR count). The van der Waals surface area contributed by atoms with E-state index in [0.29, 0.717) is 5.06 Å². The predicted molar refractivity (Wildman–Crippen MR) is 57.2 cm³/mol. The van der Waals surface area contributed by atoms with Crippen LogP contribution in [-0.2, 0) is 25.6 Å². The van der Waals surface area contributed by atoms with Gasteiger partial charge in [-0.15, -0.1) is 0 Å². The third-order valence-corrected chi connectivity index (χ3v) is 2.15. The van der Waals surface area contributed by atoms with E-state index in [0.717, 1.165) is 17.7 Å². The second-order valence-electron chi connectivity index (χ2n) is 3.43. The summed E-state index contributed by atoms with van der Waals surface area (Å²) in [5, 5.41) is 0.450. The number of nitrogens with zero attached hydrogens (tertiary/aromatic N) is 1. The predicted octanol–water partition coefficient (Wildman–Crippen LogP) is 0.612. The first kappa shape index (κ1) is 11.1. The van der Waals surface area contributed by atoms with Crippen molar-refractivity contribution >= 4 is 17.8 Å². The zero-order valence-electron chi connectivity index (χ0n) is 8.83. The highest BCUT2D eigenvalue weighted by Gasteiger charge is 2.27. The Balaban J connectivity index is 1.94. The third-order valence-electron chi connectivity index (χ3n) is 2.15. The molecule has 0 radical (unpaired) electrons. The van der Waals surface area contributed by atoms with Crippen molar-refractivity contribution in [2.75, 3.05) is 0 Å². The van der Waals surface area contributed by atoms with E-state index in [9.17, 15) is 14.4 Å². The van der Waals surface area contributed by atoms with Crippen LogP contribution >= 0.6 is 0 Å². The Hall–Kier alpha value is -2.43. The molecule has 86 valence electrons. The largest absolute Gasteiger partial charge is 0.337 e. The molecule has 1 aromatic rings. The van der Waals surface area contributed by atoms with Gasteiger partial charge in [0.15, 0.2) is 0 Å². The monoisotopic (exact) mass is 231 g/mol. The Morgan fingerprint density at radius 1 is 1.06 bits per heavy atom. The third kappa shape index (κ3) is 2.57. The molecule has 0 aromatic heterocycles. The van der Waals surface area contributed by atoms with Gasteiger partial charge in [0.2, 0.25) is 0 Å². The van der Waals surface area contributed by atoms with E-state index in [1.54, 1.807) is 24.3 Å². The van der Waals surface area contributed by atoms with Crippen LogP contribution in [0.1, 0.15) is 5.56 Å². The number of carbonyl (C=O) groups excluding carboxylic acids is 3. The van der Waals surface area contributed by atoms with Crippen molar-refractivity contribution in [1.29, 1.82) is 0 Å². The number of rotatable bonds is 3. The Kier molecular flexibility index (Phi) is 3.00. The first-order valence-corrected chi connectivity index (χ1v) is 4.97. The standard InChI is InChI=1S/C12H9NO4/c14-10-6-7-11(15)13(10)17-12(16)8-9-4-2-1-3-5-9/h1-7H,8H2. The van der Waals surface area contributed by atoms with Crippen molar-refractivity contribution < 1.29 is 19.2 Å². The Bertz CT molecular complexity index is 474. The molecule has 1 aliphatic heterocycles. The fourth-order valence-electron chi connectivity index (χ4n) is 1.37. The summed E-state index contributed by atoms with van der Waals surface area (Å²) in [5.41, 5.74) is 0.754. The Labute approximate surface area is 97.2 Å². The molecule has 0 saturated carbocycles. The second kappa shape index (κ2) is 4.61. The molecule has 5 nitrogen and oxygen atoms in total. The average Bonchev–Trinajstić information content (AvgIpc) is 2.62. The number of imide groups is 1. The van der Waals surface area contributed by atoms with Gasteiger partial charge in [-0.05, 0) is 5.56 Å². The molecule has 0 unspecified atom stereocenters. The van der Waals surface area contributed by atoms with Crippen LogP contribution in [0.5, 0.6) is 0 Å². The summed E-state index contributed by atoms with van der Waals surface area (Å²) >= 11 is 0. The molecule has 5 heteroatoms. The maximum Gasteiger partial charge on any atom is 0.337 e. The van der Waals surface area contributed by atoms with E-state index in [4.69, 9.17) is 0 Å². The lowest BCUT2D eigenvalue weighted by atomic mass is 10.2. The highest BCUT2D eigenvalue weighted by Crippen LogP contribution is 2.07. The van der Waals surface area contributed by atoms with Gasteiger partial charge in [0, 0.05) is 12.2 Å². The highest BCUT2D eigenvalue weighted by molar-refractivity contribution is 6.12. The van der Waals surface area contributed by atoms with Crippen molar-refractivity contribution in [3.63, 3.8) is 0 Å². The SMILES string of the molecule is O=C(Cc1ccccc1)ON1C(=O)C=CC1=O. The average molecular weight is 231 g/mol. The van der Waals surface area contributed by atoms with Gasteiger partial charge in [-0.25, -0.2) is 4.79 Å². The molecule has 0 saturated heterocycles. The molecule has 0 fully saturated rings. The first-order valence-electron chi connectivity index (χ1n) is 4.97. The number of amides is 2. The molecule has 0 bridgehead atoms. The quantitative estimate of drug-likeness (QED) is 0.715. The van der Waals surface area contributed by atoms with E-state index < -0.39 is 17.8 Å². The maximum atomic E-state index is 11.5. The minimum Gasteiger partial charge on any atom is -0.329 e. The van der Waals surface area contributed by atoms with Crippen LogP contribution in [0.3, 0.4) is 0 Å². The zero-order valence-corrected chi connectivity index (χ0v) is 8.83. The lowest BCUT2D eigenvalue weighted by molar-refractivity contribution is -0.195. The molecule has 0 aliphatic carbocycles. The zero-order chi connectivity index (χ0) is 12.3. The van der Waals surface area contributed by atoms with Gasteiger partial charge < -0.3 is 4.84 Å². The van der Waals surface area contributed by atoms with Crippen LogP contribution in [0, 0.1) is 0 Å². The van der Waals surface area contributed by atoms with E-state index in [-0.39, 0.29) is 6.42 Å². The van der Waals surface area contributed by atoms with Crippen molar-refractivity contribution in [1.82, 2.24) is 5.06 Å². The van der Waals surface area contributed by atoms with Gasteiger partial charge in [0.05, 0.1) is 6.42 Å². The van der Waals surface area contributed by atoms with Crippen LogP contribution in [0.2, 0.25) is 0 Å². The minimum absolute atomic E-state index is 0.0118. The van der Waals surface area contributed by atoms with Crippen molar-refractivity contribution in [2.45, 2.75) is 6.42 Å². The summed E-state index contributed by atoms with van der Waals surface area (Å²) in [7, 11) is 0. The molecule has 0 N–H and O–H groups in total. The van der Waals surface area contributed by atoms with Crippen molar-refractivity contribution in [3.05, 3.63) is 48.0 Å². The van der Waals surface area contributed by atoms with E-state index in [1.807, 2.05) is 6.07 Å².